The van der Waals surface area contributed by atoms with Gasteiger partial charge in [0.15, 0.2) is 5.76 Å². The summed E-state index contributed by atoms with van der Waals surface area (Å²) in [4.78, 5) is 2.28. The number of nitrogens with one attached hydrogen (secondary N) is 1. The molecule has 22 heavy (non-hydrogen) atoms. The molecule has 1 aliphatic heterocycles. The van der Waals surface area contributed by atoms with E-state index in [-0.39, 0.29) is 5.82 Å². The SMILES string of the molecule is CCCc1cc(CNC2CCN(c3ccc(F)cc3)C2)on1. The molecule has 1 aromatic heterocycles. The Morgan fingerprint density at radius 3 is 2.95 bits per heavy atom. The standard InChI is InChI=1S/C17H22FN3O/c1-2-3-14-10-17(22-20-14)11-19-15-8-9-21(12-15)16-6-4-13(18)5-7-16/h4-7,10,15,19H,2-3,8-9,11-12H2,1H3. The lowest BCUT2D eigenvalue weighted by molar-refractivity contribution is 0.360. The van der Waals surface area contributed by atoms with E-state index in [0.29, 0.717) is 12.6 Å². The Bertz CT molecular complexity index is 596. The van der Waals surface area contributed by atoms with E-state index in [1.54, 1.807) is 0 Å². The molecule has 0 aliphatic carbocycles. The third-order valence-electron chi connectivity index (χ3n) is 4.06. The molecule has 1 unspecified atom stereocenters. The number of nitrogens with zero attached hydrogens (tertiary/aromatic N) is 2. The highest BCUT2D eigenvalue weighted by Gasteiger charge is 2.22. The topological polar surface area (TPSA) is 41.3 Å². The lowest BCUT2D eigenvalue weighted by Crippen LogP contribution is -2.32. The third-order valence-corrected chi connectivity index (χ3v) is 4.06. The minimum absolute atomic E-state index is 0.189. The normalized spacial score (nSPS) is 18.1. The van der Waals surface area contributed by atoms with Crippen LogP contribution < -0.4 is 10.2 Å². The van der Waals surface area contributed by atoms with Gasteiger partial charge in [-0.3, -0.25) is 0 Å². The minimum Gasteiger partial charge on any atom is -0.370 e. The molecule has 0 amide bonds. The first-order valence-corrected chi connectivity index (χ1v) is 7.93. The molecule has 0 saturated carbocycles. The molecule has 3 rings (SSSR count). The Balaban J connectivity index is 1.49. The summed E-state index contributed by atoms with van der Waals surface area (Å²) in [5, 5.41) is 7.58. The zero-order valence-corrected chi connectivity index (χ0v) is 12.9. The highest BCUT2D eigenvalue weighted by molar-refractivity contribution is 5.47. The lowest BCUT2D eigenvalue weighted by atomic mass is 10.2. The van der Waals surface area contributed by atoms with Crippen molar-refractivity contribution >= 4 is 5.69 Å². The molecule has 2 aromatic rings. The predicted octanol–water partition coefficient (Wildman–Crippen LogP) is 3.13. The van der Waals surface area contributed by atoms with Gasteiger partial charge in [-0.2, -0.15) is 0 Å². The molecule has 1 fully saturated rings. The van der Waals surface area contributed by atoms with Crippen molar-refractivity contribution < 1.29 is 8.91 Å². The summed E-state index contributed by atoms with van der Waals surface area (Å²) < 4.78 is 18.3. The van der Waals surface area contributed by atoms with Crippen LogP contribution >= 0.6 is 0 Å². The Kier molecular flexibility index (Phi) is 4.73. The molecule has 1 aromatic carbocycles. The van der Waals surface area contributed by atoms with E-state index < -0.39 is 0 Å². The highest BCUT2D eigenvalue weighted by Crippen LogP contribution is 2.20. The van der Waals surface area contributed by atoms with Crippen LogP contribution in [0.3, 0.4) is 0 Å². The van der Waals surface area contributed by atoms with Gasteiger partial charge < -0.3 is 14.7 Å². The molecule has 0 bridgehead atoms. The van der Waals surface area contributed by atoms with E-state index in [1.165, 1.54) is 12.1 Å². The summed E-state index contributed by atoms with van der Waals surface area (Å²) in [5.74, 6) is 0.703. The summed E-state index contributed by atoms with van der Waals surface area (Å²) in [5.41, 5.74) is 2.11. The van der Waals surface area contributed by atoms with Crippen molar-refractivity contribution in [3.8, 4) is 0 Å². The molecule has 2 heterocycles. The van der Waals surface area contributed by atoms with Crippen LogP contribution in [0.1, 0.15) is 31.2 Å². The van der Waals surface area contributed by atoms with Gasteiger partial charge in [0.05, 0.1) is 12.2 Å². The molecule has 1 N–H and O–H groups in total. The molecule has 118 valence electrons. The quantitative estimate of drug-likeness (QED) is 0.890. The number of aryl methyl sites for hydroxylation is 1. The van der Waals surface area contributed by atoms with E-state index in [2.05, 4.69) is 22.3 Å². The number of aromatic nitrogens is 1. The van der Waals surface area contributed by atoms with Crippen LogP contribution in [-0.2, 0) is 13.0 Å². The maximum absolute atomic E-state index is 13.0. The van der Waals surface area contributed by atoms with E-state index in [1.807, 2.05) is 18.2 Å². The zero-order chi connectivity index (χ0) is 15.4. The zero-order valence-electron chi connectivity index (χ0n) is 12.9. The second-order valence-electron chi connectivity index (χ2n) is 5.82. The fourth-order valence-electron chi connectivity index (χ4n) is 2.87. The maximum Gasteiger partial charge on any atom is 0.150 e. The van der Waals surface area contributed by atoms with E-state index in [9.17, 15) is 4.39 Å². The van der Waals surface area contributed by atoms with Crippen molar-refractivity contribution in [3.63, 3.8) is 0 Å². The van der Waals surface area contributed by atoms with E-state index in [0.717, 1.165) is 49.5 Å². The lowest BCUT2D eigenvalue weighted by Gasteiger charge is -2.18. The number of benzene rings is 1. The summed E-state index contributed by atoms with van der Waals surface area (Å²) in [6, 6.07) is 9.16. The summed E-state index contributed by atoms with van der Waals surface area (Å²) in [7, 11) is 0. The van der Waals surface area contributed by atoms with Crippen LogP contribution in [0.4, 0.5) is 10.1 Å². The van der Waals surface area contributed by atoms with Crippen LogP contribution in [0, 0.1) is 5.82 Å². The number of hydrogen-bond acceptors (Lipinski definition) is 4. The van der Waals surface area contributed by atoms with Crippen molar-refractivity contribution in [2.24, 2.45) is 0 Å². The molecular formula is C17H22FN3O. The first-order chi connectivity index (χ1) is 10.7. The number of hydrogen-bond donors (Lipinski definition) is 1. The summed E-state index contributed by atoms with van der Waals surface area (Å²) in [6.07, 6.45) is 3.12. The molecule has 4 nitrogen and oxygen atoms in total. The van der Waals surface area contributed by atoms with Crippen molar-refractivity contribution in [3.05, 3.63) is 47.6 Å². The summed E-state index contributed by atoms with van der Waals surface area (Å²) in [6.45, 7) is 4.76. The average Bonchev–Trinajstić information content (AvgIpc) is 3.16. The van der Waals surface area contributed by atoms with Gasteiger partial charge in [0.25, 0.3) is 0 Å². The van der Waals surface area contributed by atoms with Crippen molar-refractivity contribution in [2.45, 2.75) is 38.8 Å². The Labute approximate surface area is 130 Å². The van der Waals surface area contributed by atoms with Gasteiger partial charge in [-0.15, -0.1) is 0 Å². The first kappa shape index (κ1) is 15.0. The molecule has 1 aliphatic rings. The first-order valence-electron chi connectivity index (χ1n) is 7.93. The number of halogens is 1. The molecule has 1 saturated heterocycles. The van der Waals surface area contributed by atoms with E-state index >= 15 is 0 Å². The molecule has 0 radical (unpaired) electrons. The highest BCUT2D eigenvalue weighted by atomic mass is 19.1. The van der Waals surface area contributed by atoms with Crippen molar-refractivity contribution in [1.82, 2.24) is 10.5 Å². The van der Waals surface area contributed by atoms with Crippen LogP contribution in [0.15, 0.2) is 34.9 Å². The van der Waals surface area contributed by atoms with E-state index in [4.69, 9.17) is 4.52 Å². The van der Waals surface area contributed by atoms with Crippen LogP contribution in [0.2, 0.25) is 0 Å². The number of anilines is 1. The largest absolute Gasteiger partial charge is 0.370 e. The Morgan fingerprint density at radius 1 is 1.36 bits per heavy atom. The second-order valence-corrected chi connectivity index (χ2v) is 5.82. The minimum atomic E-state index is -0.189. The van der Waals surface area contributed by atoms with Gasteiger partial charge in [0.2, 0.25) is 0 Å². The summed E-state index contributed by atoms with van der Waals surface area (Å²) >= 11 is 0. The van der Waals surface area contributed by atoms with Gasteiger partial charge in [0, 0.05) is 30.9 Å². The van der Waals surface area contributed by atoms with Crippen molar-refractivity contribution in [2.75, 3.05) is 18.0 Å². The van der Waals surface area contributed by atoms with Crippen molar-refractivity contribution in [1.29, 1.82) is 0 Å². The van der Waals surface area contributed by atoms with Gasteiger partial charge in [0.1, 0.15) is 5.82 Å². The molecule has 1 atom stereocenters. The maximum atomic E-state index is 13.0. The third kappa shape index (κ3) is 3.65. The van der Waals surface area contributed by atoms with Gasteiger partial charge >= 0.3 is 0 Å². The average molecular weight is 303 g/mol. The van der Waals surface area contributed by atoms with Crippen LogP contribution in [-0.4, -0.2) is 24.3 Å². The molecule has 5 heteroatoms. The van der Waals surface area contributed by atoms with Crippen LogP contribution in [0.5, 0.6) is 0 Å². The van der Waals surface area contributed by atoms with Gasteiger partial charge in [-0.1, -0.05) is 18.5 Å². The second kappa shape index (κ2) is 6.92. The smallest absolute Gasteiger partial charge is 0.150 e. The van der Waals surface area contributed by atoms with Gasteiger partial charge in [-0.05, 0) is 37.1 Å². The number of rotatable bonds is 6. The fraction of sp³-hybridized carbons (Fsp3) is 0.471. The molecule has 0 spiro atoms. The van der Waals surface area contributed by atoms with Gasteiger partial charge in [-0.25, -0.2) is 4.39 Å². The fourth-order valence-corrected chi connectivity index (χ4v) is 2.87. The Hall–Kier alpha value is -1.88. The van der Waals surface area contributed by atoms with Crippen LogP contribution in [0.25, 0.3) is 0 Å². The predicted molar refractivity (Wildman–Crippen MR) is 84.4 cm³/mol. The Morgan fingerprint density at radius 2 is 2.18 bits per heavy atom. The molecular weight excluding hydrogens is 281 g/mol. The monoisotopic (exact) mass is 303 g/mol.